The van der Waals surface area contributed by atoms with Crippen LogP contribution in [0, 0.1) is 13.8 Å². The quantitative estimate of drug-likeness (QED) is 0.244. The maximum Gasteiger partial charge on any atom is 0.0484 e. The molecule has 0 atom stereocenters. The lowest BCUT2D eigenvalue weighted by Gasteiger charge is -2.09. The predicted molar refractivity (Wildman–Crippen MR) is 136 cm³/mol. The van der Waals surface area contributed by atoms with Crippen LogP contribution in [-0.2, 0) is 12.8 Å². The molecule has 0 unspecified atom stereocenters. The van der Waals surface area contributed by atoms with Crippen molar-refractivity contribution in [1.29, 1.82) is 0 Å². The van der Waals surface area contributed by atoms with Gasteiger partial charge < -0.3 is 0 Å². The molecule has 0 aromatic carbocycles. The van der Waals surface area contributed by atoms with Crippen LogP contribution in [0.1, 0.15) is 87.5 Å². The van der Waals surface area contributed by atoms with Crippen LogP contribution in [0.2, 0.25) is 0 Å². The van der Waals surface area contributed by atoms with Crippen molar-refractivity contribution in [2.24, 2.45) is 0 Å². The maximum atomic E-state index is 2.40. The molecule has 3 aromatic heterocycles. The third-order valence-corrected chi connectivity index (χ3v) is 9.32. The van der Waals surface area contributed by atoms with Crippen molar-refractivity contribution in [1.82, 2.24) is 0 Å². The molecule has 0 saturated heterocycles. The fourth-order valence-corrected chi connectivity index (χ4v) is 7.47. The molecule has 0 bridgehead atoms. The number of aryl methyl sites for hydroxylation is 2. The molecular weight excluding hydrogens is 408 g/mol. The SMILES string of the molecule is CCCCCCc1c(-c2cc(C)cs2)sc(-c2cc(C)cs2)c1CCCCCC. The van der Waals surface area contributed by atoms with E-state index in [0.717, 1.165) is 0 Å². The Hall–Kier alpha value is -0.900. The second kappa shape index (κ2) is 11.5. The summed E-state index contributed by atoms with van der Waals surface area (Å²) in [6.45, 7) is 9.06. The van der Waals surface area contributed by atoms with E-state index in [1.807, 2.05) is 22.7 Å². The summed E-state index contributed by atoms with van der Waals surface area (Å²) >= 11 is 5.92. The first-order valence-corrected chi connectivity index (χ1v) is 14.0. The summed E-state index contributed by atoms with van der Waals surface area (Å²) < 4.78 is 0. The second-order valence-corrected chi connectivity index (χ2v) is 11.2. The fourth-order valence-electron chi connectivity index (χ4n) is 3.98. The normalized spacial score (nSPS) is 11.4. The third kappa shape index (κ3) is 6.06. The van der Waals surface area contributed by atoms with Crippen molar-refractivity contribution in [3.8, 4) is 19.5 Å². The molecule has 158 valence electrons. The summed E-state index contributed by atoms with van der Waals surface area (Å²) in [4.78, 5) is 6.08. The molecule has 3 heteroatoms. The van der Waals surface area contributed by atoms with Crippen LogP contribution in [0.15, 0.2) is 22.9 Å². The van der Waals surface area contributed by atoms with Crippen molar-refractivity contribution in [3.63, 3.8) is 0 Å². The Labute approximate surface area is 190 Å². The van der Waals surface area contributed by atoms with Gasteiger partial charge in [-0.25, -0.2) is 0 Å². The van der Waals surface area contributed by atoms with Gasteiger partial charge in [0, 0.05) is 19.5 Å². The van der Waals surface area contributed by atoms with Gasteiger partial charge in [-0.15, -0.1) is 34.0 Å². The highest BCUT2D eigenvalue weighted by Gasteiger charge is 2.21. The molecule has 0 amide bonds. The molecule has 0 fully saturated rings. The molecule has 0 N–H and O–H groups in total. The first kappa shape index (κ1) is 22.8. The zero-order valence-electron chi connectivity index (χ0n) is 18.6. The lowest BCUT2D eigenvalue weighted by Crippen LogP contribution is -1.95. The van der Waals surface area contributed by atoms with Gasteiger partial charge in [-0.05, 0) is 84.7 Å². The highest BCUT2D eigenvalue weighted by atomic mass is 32.1. The van der Waals surface area contributed by atoms with E-state index >= 15 is 0 Å². The molecule has 0 saturated carbocycles. The lowest BCUT2D eigenvalue weighted by molar-refractivity contribution is 0.653. The second-order valence-electron chi connectivity index (χ2n) is 8.32. The molecule has 0 aliphatic carbocycles. The van der Waals surface area contributed by atoms with Crippen LogP contribution >= 0.6 is 34.0 Å². The van der Waals surface area contributed by atoms with E-state index < -0.39 is 0 Å². The first-order valence-electron chi connectivity index (χ1n) is 11.4. The minimum absolute atomic E-state index is 1.25. The van der Waals surface area contributed by atoms with Gasteiger partial charge in [0.2, 0.25) is 0 Å². The number of hydrogen-bond donors (Lipinski definition) is 0. The van der Waals surface area contributed by atoms with E-state index in [1.54, 1.807) is 20.9 Å². The molecule has 3 rings (SSSR count). The summed E-state index contributed by atoms with van der Waals surface area (Å²) in [5, 5.41) is 4.62. The smallest absolute Gasteiger partial charge is 0.0484 e. The van der Waals surface area contributed by atoms with Crippen molar-refractivity contribution in [3.05, 3.63) is 45.1 Å². The fraction of sp³-hybridized carbons (Fsp3) is 0.538. The Bertz CT molecular complexity index is 807. The van der Waals surface area contributed by atoms with E-state index in [9.17, 15) is 0 Å². The molecule has 3 aromatic rings. The van der Waals surface area contributed by atoms with Gasteiger partial charge in [0.1, 0.15) is 0 Å². The van der Waals surface area contributed by atoms with Gasteiger partial charge >= 0.3 is 0 Å². The van der Waals surface area contributed by atoms with E-state index in [2.05, 4.69) is 61.9 Å². The summed E-state index contributed by atoms with van der Waals surface area (Å²) in [5.74, 6) is 0. The Balaban J connectivity index is 1.99. The third-order valence-electron chi connectivity index (χ3n) is 5.59. The standard InChI is InChI=1S/C26H36S3/c1-5-7-9-11-13-21-22(14-12-10-8-6-2)26(24-16-20(4)18-28-24)29-25(21)23-15-19(3)17-27-23/h15-18H,5-14H2,1-4H3. The number of rotatable bonds is 12. The summed E-state index contributed by atoms with van der Waals surface area (Å²) in [6.07, 6.45) is 13.2. The zero-order chi connectivity index (χ0) is 20.6. The van der Waals surface area contributed by atoms with Gasteiger partial charge in [-0.3, -0.25) is 0 Å². The van der Waals surface area contributed by atoms with Gasteiger partial charge in [0.15, 0.2) is 0 Å². The van der Waals surface area contributed by atoms with Crippen molar-refractivity contribution in [2.75, 3.05) is 0 Å². The zero-order valence-corrected chi connectivity index (χ0v) is 21.1. The van der Waals surface area contributed by atoms with Crippen molar-refractivity contribution in [2.45, 2.75) is 91.9 Å². The van der Waals surface area contributed by atoms with Crippen molar-refractivity contribution < 1.29 is 0 Å². The van der Waals surface area contributed by atoms with Crippen LogP contribution in [0.4, 0.5) is 0 Å². The average Bonchev–Trinajstić information content (AvgIpc) is 3.41. The average molecular weight is 445 g/mol. The monoisotopic (exact) mass is 444 g/mol. The molecule has 0 aliphatic rings. The lowest BCUT2D eigenvalue weighted by atomic mass is 9.96. The van der Waals surface area contributed by atoms with Crippen LogP contribution in [0.3, 0.4) is 0 Å². The van der Waals surface area contributed by atoms with E-state index in [4.69, 9.17) is 0 Å². The minimum Gasteiger partial charge on any atom is -0.143 e. The number of hydrogen-bond acceptors (Lipinski definition) is 3. The predicted octanol–water partition coefficient (Wildman–Crippen LogP) is 10.1. The highest BCUT2D eigenvalue weighted by molar-refractivity contribution is 7.26. The summed E-state index contributed by atoms with van der Waals surface area (Å²) in [6, 6.07) is 4.80. The van der Waals surface area contributed by atoms with Crippen LogP contribution in [0.25, 0.3) is 19.5 Å². The van der Waals surface area contributed by atoms with Gasteiger partial charge in [-0.2, -0.15) is 0 Å². The largest absolute Gasteiger partial charge is 0.143 e. The molecule has 0 spiro atoms. The van der Waals surface area contributed by atoms with Gasteiger partial charge in [-0.1, -0.05) is 52.4 Å². The maximum absolute atomic E-state index is 2.40. The van der Waals surface area contributed by atoms with Crippen LogP contribution < -0.4 is 0 Å². The molecule has 3 heterocycles. The Morgan fingerprint density at radius 3 is 1.41 bits per heavy atom. The first-order chi connectivity index (χ1) is 14.1. The highest BCUT2D eigenvalue weighted by Crippen LogP contribution is 2.47. The molecule has 29 heavy (non-hydrogen) atoms. The van der Waals surface area contributed by atoms with E-state index in [0.29, 0.717) is 0 Å². The molecule has 0 nitrogen and oxygen atoms in total. The Morgan fingerprint density at radius 1 is 0.621 bits per heavy atom. The summed E-state index contributed by atoms with van der Waals surface area (Å²) in [7, 11) is 0. The van der Waals surface area contributed by atoms with Gasteiger partial charge in [0.25, 0.3) is 0 Å². The molecule has 0 aliphatic heterocycles. The van der Waals surface area contributed by atoms with Crippen LogP contribution in [-0.4, -0.2) is 0 Å². The molecule has 0 radical (unpaired) electrons. The number of unbranched alkanes of at least 4 members (excludes halogenated alkanes) is 6. The number of thiophene rings is 3. The van der Waals surface area contributed by atoms with Crippen molar-refractivity contribution >= 4 is 34.0 Å². The Kier molecular flexibility index (Phi) is 9.02. The topological polar surface area (TPSA) is 0 Å². The van der Waals surface area contributed by atoms with Gasteiger partial charge in [0.05, 0.1) is 0 Å². The minimum atomic E-state index is 1.25. The molecular formula is C26H36S3. The summed E-state index contributed by atoms with van der Waals surface area (Å²) in [5.41, 5.74) is 6.14. The van der Waals surface area contributed by atoms with Crippen LogP contribution in [0.5, 0.6) is 0 Å². The van der Waals surface area contributed by atoms with E-state index in [-0.39, 0.29) is 0 Å². The Morgan fingerprint density at radius 2 is 1.07 bits per heavy atom. The van der Waals surface area contributed by atoms with E-state index in [1.165, 1.54) is 85.1 Å².